The maximum Gasteiger partial charge on any atom is 0.360 e. The van der Waals surface area contributed by atoms with Crippen molar-refractivity contribution >= 4 is 35.7 Å². The van der Waals surface area contributed by atoms with E-state index < -0.39 is 83.0 Å². The van der Waals surface area contributed by atoms with Crippen LogP contribution < -0.4 is 19.6 Å². The number of aromatic carboxylic acids is 1. The van der Waals surface area contributed by atoms with Crippen LogP contribution in [0.5, 0.6) is 0 Å². The number of hydrogen-bond acceptors (Lipinski definition) is 20. The molecule has 0 radical (unpaired) electrons. The summed E-state index contributed by atoms with van der Waals surface area (Å²) in [6, 6.07) is 0. The van der Waals surface area contributed by atoms with Gasteiger partial charge in [-0.3, -0.25) is 4.68 Å². The zero-order valence-electron chi connectivity index (χ0n) is 46.9. The third kappa shape index (κ3) is 11.6. The number of carbonyl (C=O) groups excluding carboxylic acids is 1. The molecular formula is C53H58F8N20O5. The number of ether oxygens (including phenoxy) is 1. The lowest BCUT2D eigenvalue weighted by atomic mass is 10.2. The monoisotopic (exact) mass is 1210 g/mol. The SMILES string of the molecule is CCOC(=O)c1cn(Cc2cnc(N3CC4C(C3)C4(F)F)nc2C)nn1.Cc1nc(N2CC3C(C2)C3(F)F)ncc1CN=[N+]=[N-].Cc1nc(N2CC3C(C2)C3(F)F)ncc1CO.Cc1nc(N2CC3C(C2)C3(F)F)ncc1Cn1cc(C(=O)O)cn1. The molecule has 4 saturated heterocycles. The van der Waals surface area contributed by atoms with Gasteiger partial charge in [-0.2, -0.15) is 5.10 Å². The molecule has 456 valence electrons. The minimum atomic E-state index is -2.52. The van der Waals surface area contributed by atoms with Crippen molar-refractivity contribution in [2.45, 2.75) is 84.5 Å². The predicted molar refractivity (Wildman–Crippen MR) is 286 cm³/mol. The average molecular weight is 1210 g/mol. The van der Waals surface area contributed by atoms with Crippen LogP contribution in [-0.2, 0) is 31.0 Å². The molecule has 8 aliphatic rings. The number of carboxylic acid groups (broad SMARTS) is 1. The van der Waals surface area contributed by atoms with E-state index in [-0.39, 0.29) is 44.1 Å². The molecule has 8 unspecified atom stereocenters. The van der Waals surface area contributed by atoms with Crippen molar-refractivity contribution in [2.75, 3.05) is 78.6 Å². The van der Waals surface area contributed by atoms with E-state index in [9.17, 15) is 44.7 Å². The summed E-state index contributed by atoms with van der Waals surface area (Å²) in [4.78, 5) is 66.6. The Morgan fingerprint density at radius 1 is 0.581 bits per heavy atom. The molecule has 6 aromatic heterocycles. The third-order valence-corrected chi connectivity index (χ3v) is 17.2. The topological polar surface area (TPSA) is 297 Å². The van der Waals surface area contributed by atoms with E-state index in [0.29, 0.717) is 93.1 Å². The number of carbonyl (C=O) groups is 2. The summed E-state index contributed by atoms with van der Waals surface area (Å²) < 4.78 is 113. The van der Waals surface area contributed by atoms with Crippen molar-refractivity contribution in [3.05, 3.63) is 110 Å². The van der Waals surface area contributed by atoms with Gasteiger partial charge in [-0.1, -0.05) is 10.3 Å². The lowest BCUT2D eigenvalue weighted by molar-refractivity contribution is 0.0518. The number of halogens is 8. The number of fused-ring (bicyclic) bond motifs is 4. The van der Waals surface area contributed by atoms with Gasteiger partial charge in [-0.15, -0.1) is 5.10 Å². The molecular weight excluding hydrogens is 1150 g/mol. The van der Waals surface area contributed by atoms with E-state index in [4.69, 9.17) is 20.5 Å². The van der Waals surface area contributed by atoms with Crippen LogP contribution in [-0.4, -0.2) is 169 Å². The maximum absolute atomic E-state index is 13.3. The number of azide groups is 1. The van der Waals surface area contributed by atoms with Gasteiger partial charge in [0.05, 0.1) is 98.1 Å². The molecule has 10 heterocycles. The van der Waals surface area contributed by atoms with Crippen molar-refractivity contribution in [3.8, 4) is 0 Å². The van der Waals surface area contributed by atoms with E-state index in [1.165, 1.54) is 28.0 Å². The van der Waals surface area contributed by atoms with Gasteiger partial charge in [0.15, 0.2) is 5.69 Å². The summed E-state index contributed by atoms with van der Waals surface area (Å²) in [5.41, 5.74) is 14.4. The number of aliphatic hydroxyl groups excluding tert-OH is 1. The fourth-order valence-electron chi connectivity index (χ4n) is 11.5. The largest absolute Gasteiger partial charge is 0.478 e. The first-order chi connectivity index (χ1) is 40.8. The Morgan fingerprint density at radius 2 is 0.942 bits per heavy atom. The highest BCUT2D eigenvalue weighted by molar-refractivity contribution is 5.87. The zero-order valence-corrected chi connectivity index (χ0v) is 46.9. The lowest BCUT2D eigenvalue weighted by Crippen LogP contribution is -2.29. The minimum Gasteiger partial charge on any atom is -0.478 e. The highest BCUT2D eigenvalue weighted by Crippen LogP contribution is 2.62. The second-order valence-electron chi connectivity index (χ2n) is 22.6. The molecule has 25 nitrogen and oxygen atoms in total. The van der Waals surface area contributed by atoms with E-state index >= 15 is 0 Å². The number of anilines is 4. The number of hydrogen-bond donors (Lipinski definition) is 2. The van der Waals surface area contributed by atoms with Crippen LogP contribution in [0.4, 0.5) is 58.9 Å². The number of esters is 1. The molecule has 0 bridgehead atoms. The first-order valence-corrected chi connectivity index (χ1v) is 27.6. The molecule has 8 fully saturated rings. The number of aryl methyl sites for hydroxylation is 4. The van der Waals surface area contributed by atoms with Crippen molar-refractivity contribution in [3.63, 3.8) is 0 Å². The van der Waals surface area contributed by atoms with Crippen molar-refractivity contribution < 1.29 is 59.7 Å². The number of aromatic nitrogens is 13. The quantitative estimate of drug-likeness (QED) is 0.0415. The molecule has 0 amide bonds. The molecule has 4 saturated carbocycles. The summed E-state index contributed by atoms with van der Waals surface area (Å²) in [6.07, 6.45) is 10.7. The number of alkyl halides is 8. The standard InChI is InChI=1S/C16H18F2N6O2.C15H15F2N5O2.C11H12F2N6.C11H13F2N3O/c1-3-26-14(25)13-8-24(22-21-13)5-10-4-19-15(20-9(10)2)23-6-11-12(7-23)16(11,17)18;1-8-9(4-22-5-10(3-19-22)13(23)24)2-18-14(20-8)21-6-11-12(7-21)15(11,16)17;1-6-7(3-16-18-14)2-15-10(17-6)19-4-8-9(5-19)11(8,12)13;1-6-7(5-17)2-14-10(15-6)16-3-8-9(4-16)11(8,12)13/h4,8,11-12H,3,5-7H2,1-2H3;2-3,5,11-12H,4,6-7H2,1H3,(H,23,24);2,8-9H,3-5H2,1H3;2,8-9,17H,3-5H2,1H3. The smallest absolute Gasteiger partial charge is 0.360 e. The number of aliphatic hydroxyl groups is 1. The van der Waals surface area contributed by atoms with E-state index in [1.807, 2.05) is 13.8 Å². The Kier molecular flexibility index (Phi) is 15.4. The van der Waals surface area contributed by atoms with Crippen LogP contribution in [0.25, 0.3) is 10.4 Å². The molecule has 86 heavy (non-hydrogen) atoms. The molecule has 0 aromatic carbocycles. The van der Waals surface area contributed by atoms with Gasteiger partial charge in [-0.25, -0.2) is 89.3 Å². The van der Waals surface area contributed by atoms with Crippen molar-refractivity contribution in [1.29, 1.82) is 0 Å². The Hall–Kier alpha value is -8.48. The second kappa shape index (κ2) is 22.4. The summed E-state index contributed by atoms with van der Waals surface area (Å²) >= 11 is 0. The van der Waals surface area contributed by atoms with Gasteiger partial charge in [0.2, 0.25) is 23.8 Å². The molecule has 8 atom stereocenters. The van der Waals surface area contributed by atoms with E-state index in [2.05, 4.69) is 65.3 Å². The molecule has 0 spiro atoms. The van der Waals surface area contributed by atoms with Crippen LogP contribution in [0, 0.1) is 75.0 Å². The van der Waals surface area contributed by atoms with E-state index in [0.717, 1.165) is 28.1 Å². The Balaban J connectivity index is 0.000000121. The van der Waals surface area contributed by atoms with Crippen molar-refractivity contribution in [2.24, 2.45) is 52.5 Å². The Bertz CT molecular complexity index is 3570. The highest BCUT2D eigenvalue weighted by atomic mass is 19.3. The fourth-order valence-corrected chi connectivity index (χ4v) is 11.5. The van der Waals surface area contributed by atoms with E-state index in [1.54, 1.807) is 65.2 Å². The van der Waals surface area contributed by atoms with Crippen LogP contribution in [0.15, 0.2) is 48.5 Å². The van der Waals surface area contributed by atoms with Crippen LogP contribution in [0.3, 0.4) is 0 Å². The maximum atomic E-state index is 13.3. The molecule has 33 heteroatoms. The normalized spacial score (nSPS) is 25.4. The number of nitrogens with zero attached hydrogens (tertiary/aromatic N) is 20. The van der Waals surface area contributed by atoms with Gasteiger partial charge >= 0.3 is 11.9 Å². The average Bonchev–Trinajstić information content (AvgIpc) is 1.60. The zero-order chi connectivity index (χ0) is 61.4. The van der Waals surface area contributed by atoms with Gasteiger partial charge in [0, 0.05) is 128 Å². The van der Waals surface area contributed by atoms with Gasteiger partial charge in [-0.05, 0) is 45.7 Å². The molecule has 4 aliphatic heterocycles. The number of piperidine rings is 4. The molecule has 14 rings (SSSR count). The van der Waals surface area contributed by atoms with Crippen LogP contribution in [0.1, 0.15) is 72.8 Å². The lowest BCUT2D eigenvalue weighted by Gasteiger charge is -2.20. The minimum absolute atomic E-state index is 0.102. The summed E-state index contributed by atoms with van der Waals surface area (Å²) in [5.74, 6) is -14.1. The molecule has 2 N–H and O–H groups in total. The Morgan fingerprint density at radius 3 is 1.27 bits per heavy atom. The summed E-state index contributed by atoms with van der Waals surface area (Å²) in [7, 11) is 0. The van der Waals surface area contributed by atoms with Crippen molar-refractivity contribution in [1.82, 2.24) is 64.6 Å². The second-order valence-corrected chi connectivity index (χ2v) is 22.6. The third-order valence-electron chi connectivity index (χ3n) is 17.2. The van der Waals surface area contributed by atoms with Gasteiger partial charge in [0.25, 0.3) is 23.7 Å². The van der Waals surface area contributed by atoms with Gasteiger partial charge < -0.3 is 34.5 Å². The molecule has 4 aliphatic carbocycles. The first kappa shape index (κ1) is 59.3. The van der Waals surface area contributed by atoms with Crippen LogP contribution in [0.2, 0.25) is 0 Å². The van der Waals surface area contributed by atoms with Gasteiger partial charge in [0.1, 0.15) is 0 Å². The number of carboxylic acids is 1. The summed E-state index contributed by atoms with van der Waals surface area (Å²) in [5, 5.41) is 33.0. The Labute approximate surface area is 484 Å². The highest BCUT2D eigenvalue weighted by Gasteiger charge is 2.74. The first-order valence-electron chi connectivity index (χ1n) is 27.6. The number of rotatable bonds is 14. The summed E-state index contributed by atoms with van der Waals surface area (Å²) in [6.45, 7) is 12.4. The fraction of sp³-hybridized carbons (Fsp3) is 0.566. The van der Waals surface area contributed by atoms with Crippen LogP contribution >= 0.6 is 0 Å². The molecule has 6 aromatic rings. The predicted octanol–water partition coefficient (Wildman–Crippen LogP) is 6.01.